The van der Waals surface area contributed by atoms with Crippen molar-refractivity contribution < 1.29 is 19.9 Å². The third-order valence-electron chi connectivity index (χ3n) is 2.23. The molecule has 2 aromatic rings. The van der Waals surface area contributed by atoms with Gasteiger partial charge in [-0.3, -0.25) is 4.79 Å². The lowest BCUT2D eigenvalue weighted by atomic mass is 9.90. The highest BCUT2D eigenvalue weighted by atomic mass is 32.1. The zero-order valence-electron chi connectivity index (χ0n) is 13.0. The van der Waals surface area contributed by atoms with E-state index in [0.29, 0.717) is 15.1 Å². The Bertz CT molecular complexity index is 621. The number of aliphatic hydroxyl groups excluding tert-OH is 1. The van der Waals surface area contributed by atoms with Crippen LogP contribution in [0.4, 0.5) is 10.3 Å². The Hall–Kier alpha value is -1.46. The zero-order chi connectivity index (χ0) is 17.4. The van der Waals surface area contributed by atoms with Crippen LogP contribution in [0.1, 0.15) is 21.5 Å². The van der Waals surface area contributed by atoms with Crippen LogP contribution in [0, 0.1) is 0 Å². The Morgan fingerprint density at radius 1 is 1.13 bits per heavy atom. The van der Waals surface area contributed by atoms with Crippen molar-refractivity contribution in [3.8, 4) is 0 Å². The van der Waals surface area contributed by atoms with Crippen molar-refractivity contribution in [2.24, 2.45) is 0 Å². The number of thiazole rings is 2. The molecule has 5 N–H and O–H groups in total. The fourth-order valence-corrected chi connectivity index (χ4v) is 2.85. The molecule has 12 heteroatoms. The fraction of sp³-hybridized carbons (Fsp3) is 0.364. The molecule has 0 aromatic carbocycles. The van der Waals surface area contributed by atoms with Gasteiger partial charge in [-0.05, 0) is 13.6 Å². The van der Waals surface area contributed by atoms with Gasteiger partial charge in [0.05, 0.1) is 22.6 Å². The highest BCUT2D eigenvalue weighted by Crippen LogP contribution is 2.18. The molecule has 0 aliphatic heterocycles. The number of carbonyl (C=O) groups is 1. The number of aliphatic hydroxyl groups is 1. The third-order valence-corrected chi connectivity index (χ3v) is 4.17. The molecule has 0 aliphatic carbocycles. The van der Waals surface area contributed by atoms with Crippen molar-refractivity contribution in [1.29, 1.82) is 0 Å². The molecular weight excluding hydrogens is 338 g/mol. The van der Waals surface area contributed by atoms with E-state index in [1.807, 2.05) is 0 Å². The van der Waals surface area contributed by atoms with Gasteiger partial charge in [0.2, 0.25) is 0 Å². The molecule has 0 fully saturated rings. The number of rotatable bonds is 6. The van der Waals surface area contributed by atoms with Crippen LogP contribution in [0.2, 0.25) is 13.6 Å². The lowest BCUT2D eigenvalue weighted by Crippen LogP contribution is -2.18. The van der Waals surface area contributed by atoms with Gasteiger partial charge < -0.3 is 25.6 Å². The summed E-state index contributed by atoms with van der Waals surface area (Å²) in [5.41, 5.74) is 0. The first-order valence-corrected chi connectivity index (χ1v) is 8.36. The monoisotopic (exact) mass is 356 g/mol. The van der Waals surface area contributed by atoms with Gasteiger partial charge in [-0.15, -0.1) is 11.3 Å². The molecule has 2 aromatic heterocycles. The van der Waals surface area contributed by atoms with Crippen LogP contribution in [0.25, 0.3) is 0 Å². The minimum absolute atomic E-state index is 0.000837. The van der Waals surface area contributed by atoms with Crippen molar-refractivity contribution in [2.75, 3.05) is 10.5 Å². The maximum atomic E-state index is 10.8. The van der Waals surface area contributed by atoms with Crippen molar-refractivity contribution in [2.45, 2.75) is 27.2 Å². The third kappa shape index (κ3) is 7.57. The van der Waals surface area contributed by atoms with E-state index < -0.39 is 14.1 Å². The van der Waals surface area contributed by atoms with E-state index in [1.54, 1.807) is 19.8 Å². The second-order valence-corrected chi connectivity index (χ2v) is 6.66. The summed E-state index contributed by atoms with van der Waals surface area (Å²) in [5, 5.41) is 33.1. The topological polar surface area (TPSA) is 128 Å². The average Bonchev–Trinajstić information content (AvgIpc) is 3.07. The molecule has 0 bridgehead atoms. The summed E-state index contributed by atoms with van der Waals surface area (Å²) in [7, 11) is -1.25. The number of hydrogen-bond acceptors (Lipinski definition) is 10. The van der Waals surface area contributed by atoms with Gasteiger partial charge in [0.25, 0.3) is 0 Å². The molecule has 0 unspecified atom stereocenters. The Kier molecular flexibility index (Phi) is 8.20. The number of ketones is 1. The molecule has 0 saturated heterocycles. The van der Waals surface area contributed by atoms with E-state index in [1.165, 1.54) is 35.8 Å². The van der Waals surface area contributed by atoms with E-state index >= 15 is 0 Å². The van der Waals surface area contributed by atoms with Gasteiger partial charge in [-0.1, -0.05) is 11.3 Å². The SMILES string of the molecule is CB(O)Nc1ncc(C(C)=O)s1.CB(O)Nc1ncc(CO)s1. The number of carbonyl (C=O) groups excluding carboxylic acids is 1. The van der Waals surface area contributed by atoms with Gasteiger partial charge in [-0.25, -0.2) is 9.97 Å². The molecule has 0 spiro atoms. The molecule has 0 aliphatic rings. The van der Waals surface area contributed by atoms with Gasteiger partial charge in [0.15, 0.2) is 16.0 Å². The van der Waals surface area contributed by atoms with Crippen molar-refractivity contribution in [3.63, 3.8) is 0 Å². The molecule has 23 heavy (non-hydrogen) atoms. The average molecular weight is 356 g/mol. The minimum atomic E-state index is -0.643. The first-order valence-electron chi connectivity index (χ1n) is 6.73. The number of nitrogens with one attached hydrogen (secondary N) is 2. The van der Waals surface area contributed by atoms with Gasteiger partial charge in [-0.2, -0.15) is 0 Å². The molecular formula is C11H18B2N4O4S2. The first-order chi connectivity index (χ1) is 10.8. The lowest BCUT2D eigenvalue weighted by Gasteiger charge is -1.98. The Labute approximate surface area is 142 Å². The normalized spacial score (nSPS) is 9.65. The van der Waals surface area contributed by atoms with Crippen molar-refractivity contribution >= 4 is 52.8 Å². The second-order valence-electron chi connectivity index (χ2n) is 4.52. The molecule has 0 saturated carbocycles. The summed E-state index contributed by atoms with van der Waals surface area (Å²) >= 11 is 2.57. The van der Waals surface area contributed by atoms with E-state index in [9.17, 15) is 4.79 Å². The summed E-state index contributed by atoms with van der Waals surface area (Å²) in [6.07, 6.45) is 3.08. The number of nitrogens with zero attached hydrogens (tertiary/aromatic N) is 2. The standard InChI is InChI=1S/C6H9BN2O2S.C5H9BN2O2S/c1-4(10)5-3-8-6(12-5)9-7(2)11;1-6(10)8-5-7-2-4(3-9)11-5/h3,11H,1-2H3,(H,8,9);2,9-10H,3H2,1H3,(H,7,8). The van der Waals surface area contributed by atoms with Crippen LogP contribution in [0.3, 0.4) is 0 Å². The quantitative estimate of drug-likeness (QED) is 0.384. The summed E-state index contributed by atoms with van der Waals surface area (Å²) in [5.74, 6) is -0.00820. The maximum absolute atomic E-state index is 10.8. The number of Topliss-reactive ketones (excluding diaryl/α,β-unsaturated/α-hetero) is 1. The predicted molar refractivity (Wildman–Crippen MR) is 95.1 cm³/mol. The first kappa shape index (κ1) is 19.6. The lowest BCUT2D eigenvalue weighted by molar-refractivity contribution is 0.102. The summed E-state index contributed by atoms with van der Waals surface area (Å²) in [4.78, 5) is 20.0. The smallest absolute Gasteiger partial charge is 0.408 e. The molecule has 124 valence electrons. The zero-order valence-corrected chi connectivity index (χ0v) is 14.6. The molecule has 2 rings (SSSR count). The van der Waals surface area contributed by atoms with Crippen LogP contribution in [0.15, 0.2) is 12.4 Å². The Morgan fingerprint density at radius 3 is 2.04 bits per heavy atom. The van der Waals surface area contributed by atoms with Crippen LogP contribution in [-0.2, 0) is 6.61 Å². The van der Waals surface area contributed by atoms with Crippen molar-refractivity contribution in [1.82, 2.24) is 9.97 Å². The van der Waals surface area contributed by atoms with E-state index in [2.05, 4.69) is 20.4 Å². The van der Waals surface area contributed by atoms with E-state index in [4.69, 9.17) is 15.2 Å². The van der Waals surface area contributed by atoms with Gasteiger partial charge in [0, 0.05) is 13.1 Å². The van der Waals surface area contributed by atoms with Gasteiger partial charge in [0.1, 0.15) is 0 Å². The molecule has 0 atom stereocenters. The van der Waals surface area contributed by atoms with Crippen molar-refractivity contribution in [3.05, 3.63) is 22.1 Å². The van der Waals surface area contributed by atoms with Crippen LogP contribution in [0.5, 0.6) is 0 Å². The Morgan fingerprint density at radius 2 is 1.65 bits per heavy atom. The second kappa shape index (κ2) is 9.63. The molecule has 0 amide bonds. The largest absolute Gasteiger partial charge is 0.433 e. The predicted octanol–water partition coefficient (Wildman–Crippen LogP) is 1.03. The van der Waals surface area contributed by atoms with Crippen LogP contribution >= 0.6 is 22.7 Å². The minimum Gasteiger partial charge on any atom is -0.433 e. The summed E-state index contributed by atoms with van der Waals surface area (Å²) < 4.78 is 0. The van der Waals surface area contributed by atoms with E-state index in [-0.39, 0.29) is 12.4 Å². The molecule has 0 radical (unpaired) electrons. The summed E-state index contributed by atoms with van der Waals surface area (Å²) in [6.45, 7) is 4.69. The van der Waals surface area contributed by atoms with Crippen LogP contribution < -0.4 is 10.5 Å². The number of aromatic nitrogens is 2. The maximum Gasteiger partial charge on any atom is 0.408 e. The van der Waals surface area contributed by atoms with Gasteiger partial charge >= 0.3 is 14.1 Å². The molecule has 2 heterocycles. The highest BCUT2D eigenvalue weighted by molar-refractivity contribution is 7.18. The number of anilines is 2. The molecule has 8 nitrogen and oxygen atoms in total. The fourth-order valence-electron chi connectivity index (χ4n) is 1.31. The highest BCUT2D eigenvalue weighted by Gasteiger charge is 2.09. The number of hydrogen-bond donors (Lipinski definition) is 5. The van der Waals surface area contributed by atoms with Crippen LogP contribution in [-0.4, -0.2) is 45.0 Å². The van der Waals surface area contributed by atoms with E-state index in [0.717, 1.165) is 4.88 Å². The summed E-state index contributed by atoms with van der Waals surface area (Å²) in [6, 6.07) is 0. The Balaban J connectivity index is 0.000000231.